The van der Waals surface area contributed by atoms with Gasteiger partial charge >= 0.3 is 0 Å². The van der Waals surface area contributed by atoms with Crippen molar-refractivity contribution in [3.63, 3.8) is 0 Å². The normalized spacial score (nSPS) is 12.9. The maximum Gasteiger partial charge on any atom is 0.0850 e. The highest BCUT2D eigenvalue weighted by molar-refractivity contribution is 9.13. The molecule has 3 nitrogen and oxygen atoms in total. The summed E-state index contributed by atoms with van der Waals surface area (Å²) in [5.74, 6) is 0. The summed E-state index contributed by atoms with van der Waals surface area (Å²) < 4.78 is 3.93. The third kappa shape index (κ3) is 3.24. The zero-order valence-corrected chi connectivity index (χ0v) is 15.3. The molecule has 1 atom stereocenters. The number of hydrogen-bond donors (Lipinski definition) is 1. The molecule has 0 spiro atoms. The molecular formula is C12H14Br2ClN3S. The minimum absolute atomic E-state index is 0.0785. The van der Waals surface area contributed by atoms with Crippen molar-refractivity contribution >= 4 is 54.8 Å². The zero-order valence-electron chi connectivity index (χ0n) is 10.6. The molecule has 1 unspecified atom stereocenters. The summed E-state index contributed by atoms with van der Waals surface area (Å²) in [6.45, 7) is 2.05. The Labute approximate surface area is 138 Å². The first-order valence-corrected chi connectivity index (χ1v) is 8.62. The van der Waals surface area contributed by atoms with Crippen molar-refractivity contribution in [1.29, 1.82) is 0 Å². The van der Waals surface area contributed by atoms with Crippen LogP contribution in [-0.2, 0) is 19.9 Å². The van der Waals surface area contributed by atoms with E-state index in [0.29, 0.717) is 6.42 Å². The van der Waals surface area contributed by atoms with Gasteiger partial charge in [0, 0.05) is 28.9 Å². The van der Waals surface area contributed by atoms with Crippen LogP contribution >= 0.6 is 54.8 Å². The van der Waals surface area contributed by atoms with Crippen LogP contribution in [-0.4, -0.2) is 9.78 Å². The fourth-order valence-electron chi connectivity index (χ4n) is 1.90. The lowest BCUT2D eigenvalue weighted by Gasteiger charge is -2.10. The average molecular weight is 428 g/mol. The van der Waals surface area contributed by atoms with Gasteiger partial charge in [0.05, 0.1) is 20.2 Å². The number of aryl methyl sites for hydroxylation is 2. The van der Waals surface area contributed by atoms with Gasteiger partial charge in [0.25, 0.3) is 0 Å². The molecule has 0 aliphatic rings. The SMILES string of the molecule is CCc1nn(C)c(CC(N)c2cc(Br)c(Br)s2)c1Cl. The Hall–Kier alpha value is 0.120. The number of nitrogens with two attached hydrogens (primary N) is 1. The lowest BCUT2D eigenvalue weighted by Crippen LogP contribution is -2.14. The first kappa shape index (κ1) is 15.5. The van der Waals surface area contributed by atoms with Gasteiger partial charge in [0.2, 0.25) is 0 Å². The van der Waals surface area contributed by atoms with E-state index in [1.54, 1.807) is 11.3 Å². The number of nitrogens with zero attached hydrogens (tertiary/aromatic N) is 2. The van der Waals surface area contributed by atoms with Crippen molar-refractivity contribution < 1.29 is 0 Å². The molecule has 2 heterocycles. The van der Waals surface area contributed by atoms with Crippen LogP contribution in [0.15, 0.2) is 14.3 Å². The molecule has 2 aromatic heterocycles. The number of rotatable bonds is 4. The maximum absolute atomic E-state index is 6.34. The van der Waals surface area contributed by atoms with E-state index in [1.165, 1.54) is 0 Å². The van der Waals surface area contributed by atoms with Crippen LogP contribution in [0, 0.1) is 0 Å². The van der Waals surface area contributed by atoms with E-state index in [1.807, 2.05) is 24.7 Å². The number of thiophene rings is 1. The first-order valence-electron chi connectivity index (χ1n) is 5.84. The van der Waals surface area contributed by atoms with E-state index in [-0.39, 0.29) is 6.04 Å². The number of halogens is 3. The van der Waals surface area contributed by atoms with Gasteiger partial charge in [-0.25, -0.2) is 0 Å². The van der Waals surface area contributed by atoms with E-state index >= 15 is 0 Å². The lowest BCUT2D eigenvalue weighted by molar-refractivity contribution is 0.644. The van der Waals surface area contributed by atoms with Gasteiger partial charge in [-0.2, -0.15) is 5.10 Å². The van der Waals surface area contributed by atoms with E-state index in [4.69, 9.17) is 17.3 Å². The molecule has 0 aromatic carbocycles. The molecule has 19 heavy (non-hydrogen) atoms. The van der Waals surface area contributed by atoms with Crippen LogP contribution in [0.5, 0.6) is 0 Å². The third-order valence-corrected chi connectivity index (χ3v) is 6.77. The molecule has 0 saturated heterocycles. The van der Waals surface area contributed by atoms with Crippen LogP contribution in [0.1, 0.15) is 29.2 Å². The Morgan fingerprint density at radius 2 is 2.21 bits per heavy atom. The Morgan fingerprint density at radius 3 is 2.68 bits per heavy atom. The van der Waals surface area contributed by atoms with Gasteiger partial charge in [-0.3, -0.25) is 4.68 Å². The van der Waals surface area contributed by atoms with Gasteiger partial charge in [-0.05, 0) is 44.3 Å². The van der Waals surface area contributed by atoms with Crippen molar-refractivity contribution in [3.8, 4) is 0 Å². The largest absolute Gasteiger partial charge is 0.323 e. The molecular weight excluding hydrogens is 413 g/mol. The minimum Gasteiger partial charge on any atom is -0.323 e. The minimum atomic E-state index is -0.0785. The Kier molecular flexibility index (Phi) is 5.11. The van der Waals surface area contributed by atoms with E-state index in [2.05, 4.69) is 37.0 Å². The van der Waals surface area contributed by atoms with Crippen molar-refractivity contribution in [2.24, 2.45) is 12.8 Å². The predicted molar refractivity (Wildman–Crippen MR) is 87.9 cm³/mol. The van der Waals surface area contributed by atoms with Crippen molar-refractivity contribution in [2.45, 2.75) is 25.8 Å². The summed E-state index contributed by atoms with van der Waals surface area (Å²) in [6.07, 6.45) is 1.51. The van der Waals surface area contributed by atoms with Crippen LogP contribution in [0.4, 0.5) is 0 Å². The van der Waals surface area contributed by atoms with Gasteiger partial charge in [0.15, 0.2) is 0 Å². The molecule has 0 fully saturated rings. The second-order valence-electron chi connectivity index (χ2n) is 4.27. The van der Waals surface area contributed by atoms with Crippen LogP contribution in [0.25, 0.3) is 0 Å². The van der Waals surface area contributed by atoms with Gasteiger partial charge in [-0.15, -0.1) is 11.3 Å². The monoisotopic (exact) mass is 425 g/mol. The molecule has 0 radical (unpaired) electrons. The fraction of sp³-hybridized carbons (Fsp3) is 0.417. The summed E-state index contributed by atoms with van der Waals surface area (Å²) in [4.78, 5) is 1.12. The highest BCUT2D eigenvalue weighted by Gasteiger charge is 2.18. The molecule has 0 bridgehead atoms. The van der Waals surface area contributed by atoms with Crippen LogP contribution < -0.4 is 5.73 Å². The zero-order chi connectivity index (χ0) is 14.2. The van der Waals surface area contributed by atoms with Gasteiger partial charge in [-0.1, -0.05) is 18.5 Å². The second-order valence-corrected chi connectivity index (χ2v) is 7.90. The quantitative estimate of drug-likeness (QED) is 0.783. The van der Waals surface area contributed by atoms with E-state index in [0.717, 1.165) is 36.0 Å². The number of aromatic nitrogens is 2. The Balaban J connectivity index is 2.23. The summed E-state index contributed by atoms with van der Waals surface area (Å²) in [7, 11) is 1.91. The molecule has 0 aliphatic heterocycles. The van der Waals surface area contributed by atoms with Crippen LogP contribution in [0.3, 0.4) is 0 Å². The van der Waals surface area contributed by atoms with Crippen LogP contribution in [0.2, 0.25) is 5.02 Å². The van der Waals surface area contributed by atoms with E-state index < -0.39 is 0 Å². The van der Waals surface area contributed by atoms with Crippen molar-refractivity contribution in [1.82, 2.24) is 9.78 Å². The van der Waals surface area contributed by atoms with E-state index in [9.17, 15) is 0 Å². The highest BCUT2D eigenvalue weighted by atomic mass is 79.9. The average Bonchev–Trinajstić information content (AvgIpc) is 2.84. The van der Waals surface area contributed by atoms with Gasteiger partial charge < -0.3 is 5.73 Å². The first-order chi connectivity index (χ1) is 8.93. The molecule has 0 saturated carbocycles. The molecule has 104 valence electrons. The summed E-state index contributed by atoms with van der Waals surface area (Å²) in [5, 5.41) is 5.16. The highest BCUT2D eigenvalue weighted by Crippen LogP contribution is 2.36. The summed E-state index contributed by atoms with van der Waals surface area (Å²) in [6, 6.07) is 1.97. The smallest absolute Gasteiger partial charge is 0.0850 e. The molecule has 7 heteroatoms. The van der Waals surface area contributed by atoms with Crippen molar-refractivity contribution in [3.05, 3.63) is 35.6 Å². The standard InChI is InChI=1S/C12H14Br2ClN3S/c1-3-8-11(15)9(18(2)17-8)5-7(16)10-4-6(13)12(14)19-10/h4,7H,3,5,16H2,1-2H3. The molecule has 0 aliphatic carbocycles. The van der Waals surface area contributed by atoms with Gasteiger partial charge in [0.1, 0.15) is 0 Å². The third-order valence-electron chi connectivity index (χ3n) is 2.95. The lowest BCUT2D eigenvalue weighted by atomic mass is 10.1. The predicted octanol–water partition coefficient (Wildman–Crippen LogP) is 4.46. The summed E-state index contributed by atoms with van der Waals surface area (Å²) in [5.41, 5.74) is 8.19. The molecule has 2 aromatic rings. The summed E-state index contributed by atoms with van der Waals surface area (Å²) >= 11 is 14.9. The Bertz CT molecular complexity index is 575. The Morgan fingerprint density at radius 1 is 1.53 bits per heavy atom. The fourth-order valence-corrected chi connectivity index (χ4v) is 4.36. The molecule has 2 rings (SSSR count). The molecule has 0 amide bonds. The molecule has 2 N–H and O–H groups in total. The topological polar surface area (TPSA) is 43.8 Å². The number of hydrogen-bond acceptors (Lipinski definition) is 3. The van der Waals surface area contributed by atoms with Crippen molar-refractivity contribution in [2.75, 3.05) is 0 Å². The second kappa shape index (κ2) is 6.26. The maximum atomic E-state index is 6.34.